The number of nitrogens with one attached hydrogen (secondary N) is 1. The molecule has 1 saturated carbocycles. The molecule has 0 radical (unpaired) electrons. The SMILES string of the molecule is Cc1ccc(C)c2[nH]c(=O)c(CN(Cc3nnnn3CC3CCCO3)C3CCCC3)cc12. The van der Waals surface area contributed by atoms with Gasteiger partial charge in [0.1, 0.15) is 0 Å². The Kier molecular flexibility index (Phi) is 6.06. The molecule has 8 nitrogen and oxygen atoms in total. The number of aryl methyl sites for hydroxylation is 2. The molecule has 2 aliphatic rings. The van der Waals surface area contributed by atoms with Crippen LogP contribution in [0.15, 0.2) is 23.0 Å². The zero-order valence-electron chi connectivity index (χ0n) is 19.0. The number of pyridine rings is 1. The van der Waals surface area contributed by atoms with Crippen LogP contribution in [-0.4, -0.2) is 48.8 Å². The molecule has 3 heterocycles. The predicted octanol–water partition coefficient (Wildman–Crippen LogP) is 3.26. The second kappa shape index (κ2) is 9.11. The lowest BCUT2D eigenvalue weighted by molar-refractivity contribution is 0.0906. The Bertz CT molecular complexity index is 1140. The van der Waals surface area contributed by atoms with Crippen LogP contribution in [0.4, 0.5) is 0 Å². The van der Waals surface area contributed by atoms with Crippen molar-refractivity contribution in [2.45, 2.75) is 84.2 Å². The standard InChI is InChI=1S/C24H32N6O2/c1-16-9-10-17(2)23-21(16)12-18(24(31)25-23)13-29(19-6-3-4-7-19)15-22-26-27-28-30(22)14-20-8-5-11-32-20/h9-10,12,19-20H,3-8,11,13-15H2,1-2H3,(H,25,31). The van der Waals surface area contributed by atoms with E-state index in [2.05, 4.69) is 50.5 Å². The maximum Gasteiger partial charge on any atom is 0.252 e. The zero-order chi connectivity index (χ0) is 22.1. The lowest BCUT2D eigenvalue weighted by Gasteiger charge is -2.28. The molecule has 5 rings (SSSR count). The summed E-state index contributed by atoms with van der Waals surface area (Å²) in [5.41, 5.74) is 4.00. The number of tetrazole rings is 1. The van der Waals surface area contributed by atoms with Crippen LogP contribution in [-0.2, 0) is 24.4 Å². The van der Waals surface area contributed by atoms with Gasteiger partial charge in [-0.3, -0.25) is 9.69 Å². The van der Waals surface area contributed by atoms with E-state index in [4.69, 9.17) is 4.74 Å². The van der Waals surface area contributed by atoms with E-state index < -0.39 is 0 Å². The number of nitrogens with zero attached hydrogens (tertiary/aromatic N) is 5. The Morgan fingerprint density at radius 1 is 1.12 bits per heavy atom. The molecule has 2 aromatic heterocycles. The fraction of sp³-hybridized carbons (Fsp3) is 0.583. The van der Waals surface area contributed by atoms with Crippen molar-refractivity contribution in [1.29, 1.82) is 0 Å². The van der Waals surface area contributed by atoms with Gasteiger partial charge < -0.3 is 9.72 Å². The normalized spacial score (nSPS) is 19.5. The fourth-order valence-electron chi connectivity index (χ4n) is 5.18. The molecule has 1 aliphatic heterocycles. The minimum Gasteiger partial charge on any atom is -0.376 e. The molecule has 1 aliphatic carbocycles. The third-order valence-corrected chi connectivity index (χ3v) is 7.09. The summed E-state index contributed by atoms with van der Waals surface area (Å²) in [5, 5.41) is 13.6. The average molecular weight is 437 g/mol. The van der Waals surface area contributed by atoms with Gasteiger partial charge in [0.2, 0.25) is 0 Å². The summed E-state index contributed by atoms with van der Waals surface area (Å²) < 4.78 is 7.67. The number of fused-ring (bicyclic) bond motifs is 1. The number of benzene rings is 1. The van der Waals surface area contributed by atoms with E-state index in [1.165, 1.54) is 18.4 Å². The summed E-state index contributed by atoms with van der Waals surface area (Å²) in [5.74, 6) is 0.844. The topological polar surface area (TPSA) is 88.9 Å². The maximum absolute atomic E-state index is 13.0. The van der Waals surface area contributed by atoms with Crippen molar-refractivity contribution >= 4 is 10.9 Å². The Morgan fingerprint density at radius 3 is 2.72 bits per heavy atom. The Balaban J connectivity index is 1.42. The van der Waals surface area contributed by atoms with Gasteiger partial charge in [0.05, 0.1) is 24.7 Å². The second-order valence-electron chi connectivity index (χ2n) is 9.37. The molecular formula is C24H32N6O2. The van der Waals surface area contributed by atoms with Crippen molar-refractivity contribution in [2.75, 3.05) is 6.61 Å². The molecule has 8 heteroatoms. The van der Waals surface area contributed by atoms with Gasteiger partial charge in [0, 0.05) is 30.1 Å². The van der Waals surface area contributed by atoms with Gasteiger partial charge in [-0.2, -0.15) is 0 Å². The number of aromatic nitrogens is 5. The van der Waals surface area contributed by atoms with Crippen molar-refractivity contribution in [2.24, 2.45) is 0 Å². The first-order chi connectivity index (χ1) is 15.6. The average Bonchev–Trinajstić information content (AvgIpc) is 3.55. The highest BCUT2D eigenvalue weighted by atomic mass is 16.5. The van der Waals surface area contributed by atoms with Crippen LogP contribution in [0.2, 0.25) is 0 Å². The number of hydrogen-bond acceptors (Lipinski definition) is 6. The summed E-state index contributed by atoms with van der Waals surface area (Å²) in [6.07, 6.45) is 7.10. The lowest BCUT2D eigenvalue weighted by Crippen LogP contribution is -2.35. The minimum absolute atomic E-state index is 0.00635. The van der Waals surface area contributed by atoms with Crippen molar-refractivity contribution in [1.82, 2.24) is 30.1 Å². The number of H-pyrrole nitrogens is 1. The highest BCUT2D eigenvalue weighted by Crippen LogP contribution is 2.27. The fourth-order valence-corrected chi connectivity index (χ4v) is 5.18. The lowest BCUT2D eigenvalue weighted by atomic mass is 10.0. The smallest absolute Gasteiger partial charge is 0.252 e. The molecule has 3 aromatic rings. The largest absolute Gasteiger partial charge is 0.376 e. The van der Waals surface area contributed by atoms with E-state index in [0.29, 0.717) is 25.7 Å². The van der Waals surface area contributed by atoms with Gasteiger partial charge in [-0.05, 0) is 67.2 Å². The summed E-state index contributed by atoms with van der Waals surface area (Å²) >= 11 is 0. The van der Waals surface area contributed by atoms with Gasteiger partial charge in [-0.25, -0.2) is 4.68 Å². The minimum atomic E-state index is -0.00635. The van der Waals surface area contributed by atoms with Crippen molar-refractivity contribution in [3.8, 4) is 0 Å². The number of hydrogen-bond donors (Lipinski definition) is 1. The molecule has 0 bridgehead atoms. The van der Waals surface area contributed by atoms with E-state index >= 15 is 0 Å². The van der Waals surface area contributed by atoms with Crippen LogP contribution in [0.3, 0.4) is 0 Å². The molecule has 1 aromatic carbocycles. The van der Waals surface area contributed by atoms with Gasteiger partial charge in [-0.1, -0.05) is 25.0 Å². The summed E-state index contributed by atoms with van der Waals surface area (Å²) in [6.45, 7) is 6.87. The quantitative estimate of drug-likeness (QED) is 0.612. The Labute approximate surface area is 188 Å². The summed E-state index contributed by atoms with van der Waals surface area (Å²) in [7, 11) is 0. The zero-order valence-corrected chi connectivity index (χ0v) is 19.0. The first-order valence-corrected chi connectivity index (χ1v) is 11.8. The van der Waals surface area contributed by atoms with E-state index in [0.717, 1.165) is 60.1 Å². The Morgan fingerprint density at radius 2 is 1.94 bits per heavy atom. The van der Waals surface area contributed by atoms with E-state index in [1.54, 1.807) is 0 Å². The predicted molar refractivity (Wildman–Crippen MR) is 122 cm³/mol. The highest BCUT2D eigenvalue weighted by Gasteiger charge is 2.26. The van der Waals surface area contributed by atoms with Gasteiger partial charge >= 0.3 is 0 Å². The van der Waals surface area contributed by atoms with Crippen molar-refractivity contribution < 1.29 is 4.74 Å². The summed E-state index contributed by atoms with van der Waals surface area (Å²) in [6, 6.07) is 6.70. The molecule has 2 fully saturated rings. The summed E-state index contributed by atoms with van der Waals surface area (Å²) in [4.78, 5) is 18.5. The van der Waals surface area contributed by atoms with E-state index in [1.807, 2.05) is 11.6 Å². The van der Waals surface area contributed by atoms with Crippen LogP contribution < -0.4 is 5.56 Å². The molecule has 170 valence electrons. The maximum atomic E-state index is 13.0. The van der Waals surface area contributed by atoms with Crippen LogP contribution >= 0.6 is 0 Å². The van der Waals surface area contributed by atoms with Gasteiger partial charge in [-0.15, -0.1) is 5.10 Å². The molecule has 1 saturated heterocycles. The number of aromatic amines is 1. The molecule has 0 amide bonds. The van der Waals surface area contributed by atoms with Crippen LogP contribution in [0.1, 0.15) is 61.0 Å². The second-order valence-corrected chi connectivity index (χ2v) is 9.37. The molecule has 1 atom stereocenters. The third kappa shape index (κ3) is 4.34. The monoisotopic (exact) mass is 436 g/mol. The van der Waals surface area contributed by atoms with E-state index in [-0.39, 0.29) is 11.7 Å². The number of rotatable bonds is 7. The van der Waals surface area contributed by atoms with Crippen molar-refractivity contribution in [3.05, 3.63) is 51.1 Å². The van der Waals surface area contributed by atoms with Gasteiger partial charge in [0.25, 0.3) is 5.56 Å². The van der Waals surface area contributed by atoms with Crippen molar-refractivity contribution in [3.63, 3.8) is 0 Å². The third-order valence-electron chi connectivity index (χ3n) is 7.09. The van der Waals surface area contributed by atoms with Crippen LogP contribution in [0.5, 0.6) is 0 Å². The molecule has 0 spiro atoms. The van der Waals surface area contributed by atoms with E-state index in [9.17, 15) is 4.79 Å². The molecule has 1 N–H and O–H groups in total. The Hall–Kier alpha value is -2.58. The van der Waals surface area contributed by atoms with Crippen LogP contribution in [0.25, 0.3) is 10.9 Å². The molecule has 32 heavy (non-hydrogen) atoms. The van der Waals surface area contributed by atoms with Crippen LogP contribution in [0, 0.1) is 13.8 Å². The number of ether oxygens (including phenoxy) is 1. The highest BCUT2D eigenvalue weighted by molar-refractivity contribution is 5.85. The first kappa shape index (κ1) is 21.3. The first-order valence-electron chi connectivity index (χ1n) is 11.8. The van der Waals surface area contributed by atoms with Gasteiger partial charge in [0.15, 0.2) is 5.82 Å². The molecular weight excluding hydrogens is 404 g/mol. The molecule has 1 unspecified atom stereocenters.